The number of morpholine rings is 1. The zero-order valence-corrected chi connectivity index (χ0v) is 24.8. The van der Waals surface area contributed by atoms with Crippen molar-refractivity contribution in [1.29, 1.82) is 0 Å². The molecule has 1 aliphatic carbocycles. The molecule has 18 heteroatoms. The minimum Gasteiger partial charge on any atom is -0.494 e. The van der Waals surface area contributed by atoms with Gasteiger partial charge < -0.3 is 34.3 Å². The van der Waals surface area contributed by atoms with E-state index in [9.17, 15) is 14.4 Å². The van der Waals surface area contributed by atoms with Gasteiger partial charge >= 0.3 is 0 Å². The predicted molar refractivity (Wildman–Crippen MR) is 146 cm³/mol. The van der Waals surface area contributed by atoms with Gasteiger partial charge in [0.05, 0.1) is 43.7 Å². The van der Waals surface area contributed by atoms with Crippen LogP contribution in [0.1, 0.15) is 29.2 Å². The Morgan fingerprint density at radius 1 is 1.16 bits per heavy atom. The molecule has 1 radical (unpaired) electrons. The van der Waals surface area contributed by atoms with Crippen LogP contribution >= 0.6 is 0 Å². The molecule has 0 atom stereocenters. The van der Waals surface area contributed by atoms with Gasteiger partial charge in [0.15, 0.2) is 17.3 Å². The monoisotopic (exact) mass is 639 g/mol. The number of hydrogen-bond acceptors (Lipinski definition) is 15. The van der Waals surface area contributed by atoms with Crippen LogP contribution in [0.25, 0.3) is 11.4 Å². The third-order valence-corrected chi connectivity index (χ3v) is 6.00. The van der Waals surface area contributed by atoms with Gasteiger partial charge in [-0.05, 0) is 32.0 Å². The molecule has 2 amide bonds. The number of ether oxygens (including phenoxy) is 2. The Balaban J connectivity index is 0.000000560. The van der Waals surface area contributed by atoms with Crippen molar-refractivity contribution in [2.24, 2.45) is 5.92 Å². The van der Waals surface area contributed by atoms with Crippen molar-refractivity contribution < 1.29 is 62.7 Å². The minimum atomic E-state index is -0.906. The number of nitrogens with one attached hydrogen (secondary N) is 3. The smallest absolute Gasteiger partial charge is 0.297 e. The Kier molecular flexibility index (Phi) is 14.6. The predicted octanol–water partition coefficient (Wildman–Crippen LogP) is 1.45. The summed E-state index contributed by atoms with van der Waals surface area (Å²) in [5.41, 5.74) is 2.30. The SMILES string of the molecule is CN1CCOCC1.COc1c(Nc2cc(NC(=O)C3CC3)nnc2C(=O)NO)cccc1-c1noc(CC=O)n1.OO.[V]. The van der Waals surface area contributed by atoms with Crippen LogP contribution in [-0.2, 0) is 39.3 Å². The molecule has 0 unspecified atom stereocenters. The van der Waals surface area contributed by atoms with Crippen LogP contribution in [0.2, 0.25) is 0 Å². The number of para-hydroxylation sites is 1. The van der Waals surface area contributed by atoms with E-state index < -0.39 is 5.91 Å². The number of likely N-dealkylation sites (N-methyl/N-ethyl adjacent to an activating group) is 1. The number of carbonyl (C=O) groups excluding carboxylic acids is 3. The molecule has 1 saturated heterocycles. The third-order valence-electron chi connectivity index (χ3n) is 6.00. The zero-order valence-electron chi connectivity index (χ0n) is 23.4. The number of aromatic nitrogens is 4. The number of nitrogens with zero attached hydrogens (tertiary/aromatic N) is 5. The van der Waals surface area contributed by atoms with E-state index in [4.69, 9.17) is 29.7 Å². The molecule has 6 N–H and O–H groups in total. The average Bonchev–Trinajstić information content (AvgIpc) is 3.77. The van der Waals surface area contributed by atoms with Crippen molar-refractivity contribution >= 4 is 35.3 Å². The second-order valence-electron chi connectivity index (χ2n) is 9.01. The van der Waals surface area contributed by atoms with Crippen LogP contribution in [0, 0.1) is 5.92 Å². The quantitative estimate of drug-likeness (QED) is 0.0841. The van der Waals surface area contributed by atoms with Gasteiger partial charge in [0.1, 0.15) is 6.29 Å². The number of aldehydes is 1. The molecule has 43 heavy (non-hydrogen) atoms. The Hall–Kier alpha value is -3.97. The summed E-state index contributed by atoms with van der Waals surface area (Å²) in [6, 6.07) is 6.46. The van der Waals surface area contributed by atoms with Gasteiger partial charge in [0.25, 0.3) is 5.91 Å². The molecule has 2 aromatic heterocycles. The molecule has 2 fully saturated rings. The summed E-state index contributed by atoms with van der Waals surface area (Å²) in [5, 5.41) is 38.3. The third kappa shape index (κ3) is 10.1. The van der Waals surface area contributed by atoms with Gasteiger partial charge in [-0.3, -0.25) is 25.3 Å². The maximum atomic E-state index is 12.1. The topological polar surface area (TPSA) is 234 Å². The van der Waals surface area contributed by atoms with Crippen molar-refractivity contribution in [3.05, 3.63) is 35.9 Å². The van der Waals surface area contributed by atoms with Crippen LogP contribution in [0.15, 0.2) is 28.8 Å². The van der Waals surface area contributed by atoms with Gasteiger partial charge in [0, 0.05) is 43.6 Å². The summed E-state index contributed by atoms with van der Waals surface area (Å²) in [6.45, 7) is 4.02. The Bertz CT molecular complexity index is 1350. The maximum Gasteiger partial charge on any atom is 0.297 e. The fourth-order valence-corrected chi connectivity index (χ4v) is 3.69. The number of hydroxylamine groups is 1. The molecular weight excluding hydrogens is 607 g/mol. The average molecular weight is 640 g/mol. The summed E-state index contributed by atoms with van der Waals surface area (Å²) in [6.07, 6.45) is 2.25. The normalized spacial score (nSPS) is 14.0. The van der Waals surface area contributed by atoms with Crippen molar-refractivity contribution in [3.63, 3.8) is 0 Å². The fraction of sp³-hybridized carbons (Fsp3) is 0.400. The summed E-state index contributed by atoms with van der Waals surface area (Å²) in [7, 11) is 3.55. The van der Waals surface area contributed by atoms with E-state index in [-0.39, 0.29) is 65.7 Å². The van der Waals surface area contributed by atoms with Gasteiger partial charge in [0.2, 0.25) is 17.6 Å². The van der Waals surface area contributed by atoms with Crippen LogP contribution in [0.5, 0.6) is 5.75 Å². The van der Waals surface area contributed by atoms with E-state index in [0.717, 1.165) is 39.1 Å². The number of rotatable bonds is 9. The van der Waals surface area contributed by atoms with Gasteiger partial charge in [-0.1, -0.05) is 11.2 Å². The molecular formula is C25H32N8O9V. The molecule has 0 bridgehead atoms. The first kappa shape index (κ1) is 35.2. The molecule has 5 rings (SSSR count). The first-order chi connectivity index (χ1) is 20.4. The second-order valence-corrected chi connectivity index (χ2v) is 9.01. The van der Waals surface area contributed by atoms with E-state index in [2.05, 4.69) is 42.9 Å². The maximum absolute atomic E-state index is 12.1. The first-order valence-electron chi connectivity index (χ1n) is 12.7. The Morgan fingerprint density at radius 2 is 1.88 bits per heavy atom. The van der Waals surface area contributed by atoms with Crippen molar-refractivity contribution in [3.8, 4) is 17.1 Å². The number of carbonyl (C=O) groups is 3. The Morgan fingerprint density at radius 3 is 2.47 bits per heavy atom. The number of amides is 2. The molecule has 1 saturated carbocycles. The number of methoxy groups -OCH3 is 1. The van der Waals surface area contributed by atoms with Crippen molar-refractivity contribution in [2.75, 3.05) is 51.1 Å². The summed E-state index contributed by atoms with van der Waals surface area (Å²) in [4.78, 5) is 41.3. The number of benzene rings is 1. The fourth-order valence-electron chi connectivity index (χ4n) is 3.69. The van der Waals surface area contributed by atoms with Crippen LogP contribution in [0.4, 0.5) is 17.2 Å². The molecule has 1 aliphatic heterocycles. The van der Waals surface area contributed by atoms with E-state index in [1.54, 1.807) is 18.2 Å². The van der Waals surface area contributed by atoms with E-state index in [0.29, 0.717) is 23.3 Å². The van der Waals surface area contributed by atoms with E-state index in [1.165, 1.54) is 18.7 Å². The molecule has 1 aromatic carbocycles. The van der Waals surface area contributed by atoms with Crippen LogP contribution < -0.4 is 20.9 Å². The van der Waals surface area contributed by atoms with Gasteiger partial charge in [-0.25, -0.2) is 5.48 Å². The molecule has 3 heterocycles. The molecule has 0 spiro atoms. The van der Waals surface area contributed by atoms with E-state index in [1.807, 2.05) is 0 Å². The second kappa shape index (κ2) is 17.9. The van der Waals surface area contributed by atoms with Gasteiger partial charge in [-0.15, -0.1) is 10.2 Å². The number of hydrogen-bond donors (Lipinski definition) is 6. The van der Waals surface area contributed by atoms with Crippen LogP contribution in [0.3, 0.4) is 0 Å². The van der Waals surface area contributed by atoms with Crippen LogP contribution in [-0.4, -0.2) is 99.5 Å². The van der Waals surface area contributed by atoms with Crippen molar-refractivity contribution in [1.82, 2.24) is 30.7 Å². The first-order valence-corrected chi connectivity index (χ1v) is 12.7. The molecule has 3 aromatic rings. The largest absolute Gasteiger partial charge is 0.494 e. The molecule has 2 aliphatic rings. The minimum absolute atomic E-state index is 0. The van der Waals surface area contributed by atoms with Gasteiger partial charge in [-0.2, -0.15) is 4.98 Å². The summed E-state index contributed by atoms with van der Waals surface area (Å²) in [5.74, 6) is -0.348. The Labute approximate surface area is 257 Å². The van der Waals surface area contributed by atoms with Crippen molar-refractivity contribution in [2.45, 2.75) is 19.3 Å². The molecule has 231 valence electrons. The summed E-state index contributed by atoms with van der Waals surface area (Å²) < 4.78 is 15.7. The number of anilines is 3. The summed E-state index contributed by atoms with van der Waals surface area (Å²) >= 11 is 0. The standard InChI is InChI=1S/C20H19N7O6.C5H11NO.H2O2.V/c1-32-17-11(18-23-15(7-8-28)33-27-18)3-2-4-12(17)21-13-9-14(22-19(29)10-5-6-10)24-25-16(13)20(30)26-31;1-6-2-4-7-5-3-6;1-2;/h2-4,8-10,31H,5-7H2,1H3,(H,26,30)(H2,21,22,24,29);2-5H2,1H3;1-2H;. The zero-order chi connectivity index (χ0) is 30.5. The molecule has 17 nitrogen and oxygen atoms in total. The van der Waals surface area contributed by atoms with E-state index >= 15 is 0 Å².